The third-order valence-electron chi connectivity index (χ3n) is 6.18. The smallest absolute Gasteiger partial charge is 0.0747 e. The zero-order valence-corrected chi connectivity index (χ0v) is 16.2. The molecule has 4 aromatic carbocycles. The summed E-state index contributed by atoms with van der Waals surface area (Å²) in [7, 11) is 0. The maximum atomic E-state index is 4.56. The lowest BCUT2D eigenvalue weighted by Gasteiger charge is -2.12. The standard InChI is InChI=1S/C27H17N3/c1-4-10-24-19(7-1)20-8-2-5-11-25(20)29(24)18-13-14-22-23(17-18)21-9-3-6-12-26(21)30-27(22)15-16-28-30/h1-17H. The zero-order valence-electron chi connectivity index (χ0n) is 16.2. The summed E-state index contributed by atoms with van der Waals surface area (Å²) in [4.78, 5) is 0. The van der Waals surface area contributed by atoms with Gasteiger partial charge in [0.05, 0.1) is 28.3 Å². The molecule has 0 saturated heterocycles. The maximum Gasteiger partial charge on any atom is 0.0747 e. The predicted molar refractivity (Wildman–Crippen MR) is 125 cm³/mol. The van der Waals surface area contributed by atoms with Crippen LogP contribution in [-0.4, -0.2) is 14.2 Å². The fraction of sp³-hybridized carbons (Fsp3) is 0. The second-order valence-electron chi connectivity index (χ2n) is 7.74. The molecule has 0 N–H and O–H groups in total. The molecule has 0 amide bonds. The third kappa shape index (κ3) is 1.96. The maximum absolute atomic E-state index is 4.56. The lowest BCUT2D eigenvalue weighted by Crippen LogP contribution is -1.96. The predicted octanol–water partition coefficient (Wildman–Crippen LogP) is 6.74. The van der Waals surface area contributed by atoms with Crippen LogP contribution in [0.2, 0.25) is 0 Å². The van der Waals surface area contributed by atoms with E-state index in [0.717, 1.165) is 11.0 Å². The van der Waals surface area contributed by atoms with Gasteiger partial charge in [-0.2, -0.15) is 5.10 Å². The van der Waals surface area contributed by atoms with Gasteiger partial charge in [-0.15, -0.1) is 0 Å². The molecule has 140 valence electrons. The van der Waals surface area contributed by atoms with Gasteiger partial charge < -0.3 is 4.57 Å². The van der Waals surface area contributed by atoms with Gasteiger partial charge in [-0.3, -0.25) is 0 Å². The van der Waals surface area contributed by atoms with E-state index in [0.29, 0.717) is 0 Å². The largest absolute Gasteiger partial charge is 0.309 e. The molecule has 0 aliphatic carbocycles. The van der Waals surface area contributed by atoms with Gasteiger partial charge in [0.1, 0.15) is 0 Å². The first kappa shape index (κ1) is 15.8. The van der Waals surface area contributed by atoms with Gasteiger partial charge in [0.15, 0.2) is 0 Å². The zero-order chi connectivity index (χ0) is 19.7. The average Bonchev–Trinajstić information content (AvgIpc) is 3.42. The van der Waals surface area contributed by atoms with Gasteiger partial charge in [-0.05, 0) is 41.8 Å². The fourth-order valence-electron chi connectivity index (χ4n) is 4.90. The highest BCUT2D eigenvalue weighted by molar-refractivity contribution is 6.14. The topological polar surface area (TPSA) is 22.2 Å². The van der Waals surface area contributed by atoms with E-state index in [2.05, 4.69) is 107 Å². The molecule has 0 aliphatic heterocycles. The first-order chi connectivity index (χ1) is 14.9. The minimum Gasteiger partial charge on any atom is -0.309 e. The van der Waals surface area contributed by atoms with Crippen molar-refractivity contribution in [2.75, 3.05) is 0 Å². The van der Waals surface area contributed by atoms with Gasteiger partial charge in [0, 0.05) is 27.2 Å². The van der Waals surface area contributed by atoms with Crippen molar-refractivity contribution in [2.45, 2.75) is 0 Å². The molecule has 3 nitrogen and oxygen atoms in total. The van der Waals surface area contributed by atoms with E-state index in [1.807, 2.05) is 10.7 Å². The van der Waals surface area contributed by atoms with E-state index < -0.39 is 0 Å². The Kier molecular flexibility index (Phi) is 3.00. The second kappa shape index (κ2) is 5.71. The first-order valence-corrected chi connectivity index (χ1v) is 10.2. The molecule has 30 heavy (non-hydrogen) atoms. The molecule has 3 aromatic heterocycles. The Morgan fingerprint density at radius 1 is 0.467 bits per heavy atom. The summed E-state index contributed by atoms with van der Waals surface area (Å²) in [5.74, 6) is 0. The Balaban J connectivity index is 1.66. The molecule has 0 fully saturated rings. The summed E-state index contributed by atoms with van der Waals surface area (Å²) in [5, 5.41) is 10.8. The van der Waals surface area contributed by atoms with Crippen molar-refractivity contribution in [3.05, 3.63) is 103 Å². The molecule has 7 rings (SSSR count). The molecule has 0 atom stereocenters. The molecule has 0 saturated carbocycles. The van der Waals surface area contributed by atoms with E-state index >= 15 is 0 Å². The van der Waals surface area contributed by atoms with E-state index in [1.54, 1.807) is 0 Å². The van der Waals surface area contributed by atoms with Crippen LogP contribution >= 0.6 is 0 Å². The fourth-order valence-corrected chi connectivity index (χ4v) is 4.90. The lowest BCUT2D eigenvalue weighted by atomic mass is 10.0. The molecule has 0 radical (unpaired) electrons. The minimum absolute atomic E-state index is 1.13. The number of aromatic nitrogens is 3. The summed E-state index contributed by atoms with van der Waals surface area (Å²) in [6, 6.07) is 34.7. The van der Waals surface area contributed by atoms with Crippen molar-refractivity contribution in [1.82, 2.24) is 14.2 Å². The SMILES string of the molecule is c1ccc2c(c1)c1ccccc1n2-c1ccc2c(c1)c1ccccc1n1nccc21. The molecule has 3 heterocycles. The number of pyridine rings is 1. The molecular weight excluding hydrogens is 366 g/mol. The first-order valence-electron chi connectivity index (χ1n) is 10.2. The summed E-state index contributed by atoms with van der Waals surface area (Å²) < 4.78 is 4.41. The third-order valence-corrected chi connectivity index (χ3v) is 6.18. The van der Waals surface area contributed by atoms with Crippen molar-refractivity contribution >= 4 is 49.0 Å². The van der Waals surface area contributed by atoms with Gasteiger partial charge in [0.2, 0.25) is 0 Å². The van der Waals surface area contributed by atoms with Crippen LogP contribution in [0.4, 0.5) is 0 Å². The Morgan fingerprint density at radius 3 is 1.70 bits per heavy atom. The monoisotopic (exact) mass is 383 g/mol. The Hall–Kier alpha value is -4.11. The highest BCUT2D eigenvalue weighted by Gasteiger charge is 2.14. The van der Waals surface area contributed by atoms with Crippen molar-refractivity contribution in [3.8, 4) is 5.69 Å². The van der Waals surface area contributed by atoms with Crippen molar-refractivity contribution in [3.63, 3.8) is 0 Å². The molecule has 0 bridgehead atoms. The number of fused-ring (bicyclic) bond motifs is 9. The lowest BCUT2D eigenvalue weighted by molar-refractivity contribution is 1.01. The van der Waals surface area contributed by atoms with Crippen molar-refractivity contribution < 1.29 is 0 Å². The molecule has 3 heteroatoms. The minimum atomic E-state index is 1.13. The molecular formula is C27H17N3. The highest BCUT2D eigenvalue weighted by Crippen LogP contribution is 2.35. The number of hydrogen-bond donors (Lipinski definition) is 0. The average molecular weight is 383 g/mol. The van der Waals surface area contributed by atoms with Gasteiger partial charge in [-0.1, -0.05) is 60.7 Å². The van der Waals surface area contributed by atoms with Crippen LogP contribution < -0.4 is 0 Å². The van der Waals surface area contributed by atoms with E-state index in [4.69, 9.17) is 0 Å². The molecule has 0 spiro atoms. The van der Waals surface area contributed by atoms with Crippen molar-refractivity contribution in [1.29, 1.82) is 0 Å². The van der Waals surface area contributed by atoms with Gasteiger partial charge in [0.25, 0.3) is 0 Å². The summed E-state index contributed by atoms with van der Waals surface area (Å²) in [5.41, 5.74) is 5.90. The van der Waals surface area contributed by atoms with Crippen molar-refractivity contribution in [2.24, 2.45) is 0 Å². The number of hydrogen-bond acceptors (Lipinski definition) is 1. The van der Waals surface area contributed by atoms with Crippen LogP contribution in [0.15, 0.2) is 103 Å². The van der Waals surface area contributed by atoms with E-state index in [-0.39, 0.29) is 0 Å². The number of para-hydroxylation sites is 3. The van der Waals surface area contributed by atoms with E-state index in [9.17, 15) is 0 Å². The van der Waals surface area contributed by atoms with Crippen LogP contribution in [0, 0.1) is 0 Å². The van der Waals surface area contributed by atoms with Crippen LogP contribution in [0.5, 0.6) is 0 Å². The normalized spacial score (nSPS) is 12.0. The molecule has 0 aliphatic rings. The van der Waals surface area contributed by atoms with Gasteiger partial charge >= 0.3 is 0 Å². The summed E-state index contributed by atoms with van der Waals surface area (Å²) in [6.07, 6.45) is 1.88. The molecule has 0 unspecified atom stereocenters. The quantitative estimate of drug-likeness (QED) is 0.288. The summed E-state index contributed by atoms with van der Waals surface area (Å²) in [6.45, 7) is 0. The Morgan fingerprint density at radius 2 is 1.00 bits per heavy atom. The highest BCUT2D eigenvalue weighted by atomic mass is 15.2. The number of nitrogens with zero attached hydrogens (tertiary/aromatic N) is 3. The number of rotatable bonds is 1. The van der Waals surface area contributed by atoms with Gasteiger partial charge in [-0.25, -0.2) is 4.52 Å². The molecule has 7 aromatic rings. The van der Waals surface area contributed by atoms with Crippen LogP contribution in [0.3, 0.4) is 0 Å². The van der Waals surface area contributed by atoms with Crippen LogP contribution in [-0.2, 0) is 0 Å². The number of benzene rings is 4. The Bertz CT molecular complexity index is 1700. The summed E-state index contributed by atoms with van der Waals surface area (Å²) >= 11 is 0. The van der Waals surface area contributed by atoms with Crippen LogP contribution in [0.1, 0.15) is 0 Å². The Labute approximate surface area is 172 Å². The second-order valence-corrected chi connectivity index (χ2v) is 7.74. The van der Waals surface area contributed by atoms with Crippen LogP contribution in [0.25, 0.3) is 54.7 Å². The van der Waals surface area contributed by atoms with E-state index in [1.165, 1.54) is 43.7 Å².